The number of hydrogen-bond acceptors (Lipinski definition) is 3. The minimum Gasteiger partial charge on any atom is -0.496 e. The summed E-state index contributed by atoms with van der Waals surface area (Å²) in [4.78, 5) is 3.93. The van der Waals surface area contributed by atoms with Gasteiger partial charge in [-0.15, -0.1) is 0 Å². The highest BCUT2D eigenvalue weighted by atomic mass is 35.5. The number of rotatable bonds is 3. The number of pyridine rings is 1. The standard InChI is InChI=1S/C14H10Cl2N2O/c1-19-14-6-13(16)12(15)5-10(14)4-9-2-3-18-8-11(9)7-17/h2-3,5-6,8H,4H2,1H3. The summed E-state index contributed by atoms with van der Waals surface area (Å²) in [5.41, 5.74) is 2.28. The van der Waals surface area contributed by atoms with E-state index in [1.807, 2.05) is 0 Å². The third kappa shape index (κ3) is 2.98. The second-order valence-electron chi connectivity index (χ2n) is 3.90. The fourth-order valence-corrected chi connectivity index (χ4v) is 2.12. The van der Waals surface area contributed by atoms with Crippen LogP contribution in [-0.2, 0) is 6.42 Å². The maximum atomic E-state index is 9.05. The van der Waals surface area contributed by atoms with Gasteiger partial charge in [0.2, 0.25) is 0 Å². The summed E-state index contributed by atoms with van der Waals surface area (Å²) in [6.07, 6.45) is 3.73. The van der Waals surface area contributed by atoms with E-state index < -0.39 is 0 Å². The molecule has 1 aromatic carbocycles. The number of benzene rings is 1. The number of nitrogens with zero attached hydrogens (tertiary/aromatic N) is 2. The molecule has 2 aromatic rings. The fraction of sp³-hybridized carbons (Fsp3) is 0.143. The number of hydrogen-bond donors (Lipinski definition) is 0. The van der Waals surface area contributed by atoms with E-state index >= 15 is 0 Å². The van der Waals surface area contributed by atoms with Gasteiger partial charge in [-0.2, -0.15) is 5.26 Å². The lowest BCUT2D eigenvalue weighted by Gasteiger charge is -2.11. The van der Waals surface area contributed by atoms with Crippen LogP contribution >= 0.6 is 23.2 Å². The largest absolute Gasteiger partial charge is 0.496 e. The molecule has 3 nitrogen and oxygen atoms in total. The summed E-state index contributed by atoms with van der Waals surface area (Å²) in [6.45, 7) is 0. The van der Waals surface area contributed by atoms with Crippen molar-refractivity contribution in [1.29, 1.82) is 5.26 Å². The molecular formula is C14H10Cl2N2O. The van der Waals surface area contributed by atoms with Crippen molar-refractivity contribution >= 4 is 23.2 Å². The molecule has 2 rings (SSSR count). The predicted molar refractivity (Wildman–Crippen MR) is 74.8 cm³/mol. The third-order valence-corrected chi connectivity index (χ3v) is 3.46. The van der Waals surface area contributed by atoms with Crippen molar-refractivity contribution in [2.75, 3.05) is 7.11 Å². The van der Waals surface area contributed by atoms with Crippen molar-refractivity contribution < 1.29 is 4.74 Å². The maximum Gasteiger partial charge on any atom is 0.123 e. The second kappa shape index (κ2) is 5.92. The van der Waals surface area contributed by atoms with Crippen LogP contribution in [-0.4, -0.2) is 12.1 Å². The molecule has 19 heavy (non-hydrogen) atoms. The molecule has 0 aliphatic rings. The maximum absolute atomic E-state index is 9.05. The first-order valence-electron chi connectivity index (χ1n) is 5.50. The predicted octanol–water partition coefficient (Wildman–Crippen LogP) is 3.86. The van der Waals surface area contributed by atoms with Crippen molar-refractivity contribution in [2.45, 2.75) is 6.42 Å². The van der Waals surface area contributed by atoms with Crippen LogP contribution in [0.4, 0.5) is 0 Å². The third-order valence-electron chi connectivity index (χ3n) is 2.74. The molecular weight excluding hydrogens is 283 g/mol. The van der Waals surface area contributed by atoms with Crippen molar-refractivity contribution in [3.63, 3.8) is 0 Å². The average Bonchev–Trinajstić information content (AvgIpc) is 2.43. The van der Waals surface area contributed by atoms with E-state index in [-0.39, 0.29) is 0 Å². The van der Waals surface area contributed by atoms with E-state index in [9.17, 15) is 0 Å². The molecule has 0 radical (unpaired) electrons. The molecule has 5 heteroatoms. The van der Waals surface area contributed by atoms with Crippen LogP contribution in [0.15, 0.2) is 30.6 Å². The number of halogens is 2. The lowest BCUT2D eigenvalue weighted by atomic mass is 10.0. The van der Waals surface area contributed by atoms with Gasteiger partial charge in [-0.1, -0.05) is 23.2 Å². The topological polar surface area (TPSA) is 45.9 Å². The molecule has 0 aliphatic heterocycles. The van der Waals surface area contributed by atoms with Gasteiger partial charge in [-0.05, 0) is 17.7 Å². The SMILES string of the molecule is COc1cc(Cl)c(Cl)cc1Cc1ccncc1C#N. The molecule has 0 aliphatic carbocycles. The van der Waals surface area contributed by atoms with Crippen LogP contribution < -0.4 is 4.74 Å². The Morgan fingerprint density at radius 1 is 1.26 bits per heavy atom. The highest BCUT2D eigenvalue weighted by Gasteiger charge is 2.11. The summed E-state index contributed by atoms with van der Waals surface area (Å²) < 4.78 is 5.29. The molecule has 1 aromatic heterocycles. The first-order valence-corrected chi connectivity index (χ1v) is 6.26. The normalized spacial score (nSPS) is 10.0. The molecule has 0 N–H and O–H groups in total. The van der Waals surface area contributed by atoms with Gasteiger partial charge < -0.3 is 4.74 Å². The Balaban J connectivity index is 2.44. The molecule has 1 heterocycles. The van der Waals surface area contributed by atoms with Crippen LogP contribution in [0, 0.1) is 11.3 Å². The summed E-state index contributed by atoms with van der Waals surface area (Å²) in [5.74, 6) is 0.648. The van der Waals surface area contributed by atoms with E-state index in [4.69, 9.17) is 33.2 Å². The minimum atomic E-state index is 0.442. The van der Waals surface area contributed by atoms with Gasteiger partial charge in [0.1, 0.15) is 11.8 Å². The Morgan fingerprint density at radius 2 is 2.00 bits per heavy atom. The first kappa shape index (κ1) is 13.7. The number of aromatic nitrogens is 1. The van der Waals surface area contributed by atoms with Gasteiger partial charge in [0.25, 0.3) is 0 Å². The van der Waals surface area contributed by atoms with E-state index in [2.05, 4.69) is 11.1 Å². The van der Waals surface area contributed by atoms with Gasteiger partial charge >= 0.3 is 0 Å². The van der Waals surface area contributed by atoms with Crippen LogP contribution in [0.1, 0.15) is 16.7 Å². The molecule has 0 amide bonds. The Bertz CT molecular complexity index is 650. The van der Waals surface area contributed by atoms with E-state index in [1.54, 1.807) is 37.7 Å². The zero-order valence-electron chi connectivity index (χ0n) is 10.2. The van der Waals surface area contributed by atoms with Gasteiger partial charge in [0.15, 0.2) is 0 Å². The van der Waals surface area contributed by atoms with Gasteiger partial charge in [0.05, 0.1) is 22.7 Å². The zero-order chi connectivity index (χ0) is 13.8. The molecule has 0 atom stereocenters. The van der Waals surface area contributed by atoms with Crippen LogP contribution in [0.3, 0.4) is 0 Å². The molecule has 96 valence electrons. The Morgan fingerprint density at radius 3 is 2.68 bits per heavy atom. The lowest BCUT2D eigenvalue weighted by Crippen LogP contribution is -1.97. The average molecular weight is 293 g/mol. The molecule has 0 saturated heterocycles. The van der Waals surface area contributed by atoms with Crippen LogP contribution in [0.2, 0.25) is 10.0 Å². The highest BCUT2D eigenvalue weighted by molar-refractivity contribution is 6.42. The van der Waals surface area contributed by atoms with Gasteiger partial charge in [0, 0.05) is 30.4 Å². The molecule has 0 fully saturated rings. The van der Waals surface area contributed by atoms with E-state index in [0.717, 1.165) is 11.1 Å². The Hall–Kier alpha value is -1.76. The van der Waals surface area contributed by atoms with Gasteiger partial charge in [-0.25, -0.2) is 0 Å². The molecule has 0 unspecified atom stereocenters. The Labute approximate surface area is 121 Å². The van der Waals surface area contributed by atoms with E-state index in [1.165, 1.54) is 0 Å². The zero-order valence-corrected chi connectivity index (χ0v) is 11.7. The molecule has 0 saturated carbocycles. The monoisotopic (exact) mass is 292 g/mol. The van der Waals surface area contributed by atoms with Crippen molar-refractivity contribution in [3.05, 3.63) is 57.3 Å². The van der Waals surface area contributed by atoms with Crippen LogP contribution in [0.5, 0.6) is 5.75 Å². The Kier molecular flexibility index (Phi) is 4.26. The van der Waals surface area contributed by atoms with Gasteiger partial charge in [-0.3, -0.25) is 4.98 Å². The minimum absolute atomic E-state index is 0.442. The summed E-state index contributed by atoms with van der Waals surface area (Å²) in [6, 6.07) is 7.35. The first-order chi connectivity index (χ1) is 9.15. The number of ether oxygens (including phenoxy) is 1. The quantitative estimate of drug-likeness (QED) is 0.863. The van der Waals surface area contributed by atoms with Crippen LogP contribution in [0.25, 0.3) is 0 Å². The molecule has 0 spiro atoms. The fourth-order valence-electron chi connectivity index (χ4n) is 1.78. The number of nitriles is 1. The summed E-state index contributed by atoms with van der Waals surface area (Å²) >= 11 is 12.0. The molecule has 0 bridgehead atoms. The highest BCUT2D eigenvalue weighted by Crippen LogP contribution is 2.32. The second-order valence-corrected chi connectivity index (χ2v) is 4.71. The van der Waals surface area contributed by atoms with Crippen molar-refractivity contribution in [3.8, 4) is 11.8 Å². The summed E-state index contributed by atoms with van der Waals surface area (Å²) in [7, 11) is 1.57. The van der Waals surface area contributed by atoms with E-state index in [0.29, 0.717) is 27.8 Å². The smallest absolute Gasteiger partial charge is 0.123 e. The summed E-state index contributed by atoms with van der Waals surface area (Å²) in [5, 5.41) is 9.96. The van der Waals surface area contributed by atoms with Crippen molar-refractivity contribution in [1.82, 2.24) is 4.98 Å². The van der Waals surface area contributed by atoms with Crippen molar-refractivity contribution in [2.24, 2.45) is 0 Å². The number of methoxy groups -OCH3 is 1. The lowest BCUT2D eigenvalue weighted by molar-refractivity contribution is 0.410.